The van der Waals surface area contributed by atoms with Gasteiger partial charge < -0.3 is 9.30 Å². The lowest BCUT2D eigenvalue weighted by atomic mass is 10.0. The number of carbonyl (C=O) groups excluding carboxylic acids is 1. The van der Waals surface area contributed by atoms with Crippen LogP contribution in [0.3, 0.4) is 0 Å². The summed E-state index contributed by atoms with van der Waals surface area (Å²) in [5.74, 6) is 1.80. The maximum atomic E-state index is 12.5. The summed E-state index contributed by atoms with van der Waals surface area (Å²) in [4.78, 5) is 12.5. The van der Waals surface area contributed by atoms with Crippen LogP contribution in [0.25, 0.3) is 0 Å². The first-order valence-corrected chi connectivity index (χ1v) is 9.80. The summed E-state index contributed by atoms with van der Waals surface area (Å²) in [7, 11) is 1.87. The predicted octanol–water partition coefficient (Wildman–Crippen LogP) is 4.64. The molecular weight excluding hydrogens is 382 g/mol. The van der Waals surface area contributed by atoms with E-state index in [2.05, 4.69) is 10.2 Å². The number of ketones is 1. The minimum Gasteiger partial charge on any atom is -0.486 e. The molecule has 0 aliphatic rings. The van der Waals surface area contributed by atoms with E-state index in [9.17, 15) is 4.79 Å². The van der Waals surface area contributed by atoms with E-state index in [4.69, 9.17) is 16.3 Å². The van der Waals surface area contributed by atoms with Gasteiger partial charge in [0.2, 0.25) is 0 Å². The number of benzene rings is 2. The third-order valence-electron chi connectivity index (χ3n) is 4.13. The first kappa shape index (κ1) is 19.5. The first-order valence-electron chi connectivity index (χ1n) is 8.44. The molecule has 0 saturated heterocycles. The lowest BCUT2D eigenvalue weighted by Gasteiger charge is -2.07. The molecule has 27 heavy (non-hydrogen) atoms. The van der Waals surface area contributed by atoms with Crippen LogP contribution in [0, 0.1) is 13.8 Å². The van der Waals surface area contributed by atoms with Gasteiger partial charge in [0.05, 0.1) is 5.75 Å². The van der Waals surface area contributed by atoms with E-state index in [-0.39, 0.29) is 12.4 Å². The fourth-order valence-corrected chi connectivity index (χ4v) is 3.46. The third kappa shape index (κ3) is 4.90. The van der Waals surface area contributed by atoms with Crippen LogP contribution in [0.4, 0.5) is 0 Å². The van der Waals surface area contributed by atoms with Crippen molar-refractivity contribution in [2.75, 3.05) is 5.75 Å². The van der Waals surface area contributed by atoms with Gasteiger partial charge in [0, 0.05) is 17.6 Å². The zero-order valence-corrected chi connectivity index (χ0v) is 17.0. The third-order valence-corrected chi connectivity index (χ3v) is 5.40. The zero-order chi connectivity index (χ0) is 19.4. The minimum atomic E-state index is 0.0863. The van der Waals surface area contributed by atoms with E-state index in [1.165, 1.54) is 11.8 Å². The van der Waals surface area contributed by atoms with E-state index in [1.54, 1.807) is 24.3 Å². The number of Topliss-reactive ketones (excluding diaryl/α,β-unsaturated/α-hetero) is 1. The highest BCUT2D eigenvalue weighted by Crippen LogP contribution is 2.21. The molecule has 3 aromatic rings. The van der Waals surface area contributed by atoms with Crippen molar-refractivity contribution in [2.24, 2.45) is 7.05 Å². The Morgan fingerprint density at radius 1 is 1.15 bits per heavy atom. The van der Waals surface area contributed by atoms with Gasteiger partial charge in [0.1, 0.15) is 12.4 Å². The molecule has 7 heteroatoms. The Kier molecular flexibility index (Phi) is 6.19. The topological polar surface area (TPSA) is 57.0 Å². The van der Waals surface area contributed by atoms with E-state index in [0.29, 0.717) is 27.5 Å². The maximum absolute atomic E-state index is 12.5. The van der Waals surface area contributed by atoms with Crippen LogP contribution in [0.5, 0.6) is 5.75 Å². The molecule has 2 aromatic carbocycles. The quantitative estimate of drug-likeness (QED) is 0.426. The number of thioether (sulfide) groups is 1. The Labute approximate surface area is 167 Å². The molecule has 0 spiro atoms. The number of rotatable bonds is 7. The standard InChI is InChI=1S/C20H20ClN3O2S/c1-13-4-5-14(2)17(10-13)18(25)12-27-20-23-22-19(24(20)3)11-26-16-8-6-15(21)7-9-16/h4-10H,11-12H2,1-3H3. The lowest BCUT2D eigenvalue weighted by molar-refractivity contribution is 0.102. The largest absolute Gasteiger partial charge is 0.486 e. The molecule has 1 heterocycles. The van der Waals surface area contributed by atoms with Gasteiger partial charge in [-0.15, -0.1) is 10.2 Å². The van der Waals surface area contributed by atoms with Gasteiger partial charge in [-0.05, 0) is 49.7 Å². The first-order chi connectivity index (χ1) is 12.9. The second-order valence-corrected chi connectivity index (χ2v) is 7.61. The highest BCUT2D eigenvalue weighted by atomic mass is 35.5. The molecule has 0 unspecified atom stereocenters. The molecule has 0 saturated carbocycles. The molecule has 0 N–H and O–H groups in total. The van der Waals surface area contributed by atoms with Crippen molar-refractivity contribution in [3.63, 3.8) is 0 Å². The fourth-order valence-electron chi connectivity index (χ4n) is 2.52. The van der Waals surface area contributed by atoms with Gasteiger partial charge in [0.15, 0.2) is 16.8 Å². The van der Waals surface area contributed by atoms with Crippen molar-refractivity contribution >= 4 is 29.1 Å². The molecule has 0 aliphatic carbocycles. The van der Waals surface area contributed by atoms with Crippen molar-refractivity contribution in [1.29, 1.82) is 0 Å². The Bertz CT molecular complexity index is 954. The van der Waals surface area contributed by atoms with Crippen LogP contribution < -0.4 is 4.74 Å². The number of halogens is 1. The number of hydrogen-bond acceptors (Lipinski definition) is 5. The number of aryl methyl sites for hydroxylation is 2. The van der Waals surface area contributed by atoms with Gasteiger partial charge >= 0.3 is 0 Å². The maximum Gasteiger partial charge on any atom is 0.191 e. The van der Waals surface area contributed by atoms with E-state index in [0.717, 1.165) is 16.7 Å². The second-order valence-electron chi connectivity index (χ2n) is 6.23. The molecule has 0 atom stereocenters. The van der Waals surface area contributed by atoms with Crippen LogP contribution >= 0.6 is 23.4 Å². The van der Waals surface area contributed by atoms with Gasteiger partial charge in [-0.25, -0.2) is 0 Å². The normalized spacial score (nSPS) is 10.8. The Morgan fingerprint density at radius 3 is 2.63 bits per heavy atom. The number of aromatic nitrogens is 3. The molecule has 5 nitrogen and oxygen atoms in total. The van der Waals surface area contributed by atoms with Crippen molar-refractivity contribution in [3.8, 4) is 5.75 Å². The molecule has 140 valence electrons. The van der Waals surface area contributed by atoms with Gasteiger partial charge in [-0.2, -0.15) is 0 Å². The van der Waals surface area contributed by atoms with Crippen molar-refractivity contribution in [3.05, 3.63) is 70.0 Å². The molecule has 1 aromatic heterocycles. The number of nitrogens with zero attached hydrogens (tertiary/aromatic N) is 3. The molecule has 0 bridgehead atoms. The van der Waals surface area contributed by atoms with Gasteiger partial charge in [-0.3, -0.25) is 4.79 Å². The molecule has 3 rings (SSSR count). The Balaban J connectivity index is 1.60. The van der Waals surface area contributed by atoms with Crippen LogP contribution in [0.2, 0.25) is 5.02 Å². The highest BCUT2D eigenvalue weighted by molar-refractivity contribution is 7.99. The molecule has 0 radical (unpaired) electrons. The average Bonchev–Trinajstić information content (AvgIpc) is 3.01. The van der Waals surface area contributed by atoms with Crippen LogP contribution in [-0.4, -0.2) is 26.3 Å². The average molecular weight is 402 g/mol. The molecule has 0 aliphatic heterocycles. The summed E-state index contributed by atoms with van der Waals surface area (Å²) < 4.78 is 7.55. The van der Waals surface area contributed by atoms with Crippen LogP contribution in [-0.2, 0) is 13.7 Å². The minimum absolute atomic E-state index is 0.0863. The summed E-state index contributed by atoms with van der Waals surface area (Å²) in [6, 6.07) is 13.1. The van der Waals surface area contributed by atoms with Crippen LogP contribution in [0.15, 0.2) is 47.6 Å². The molecular formula is C20H20ClN3O2S. The number of hydrogen-bond donors (Lipinski definition) is 0. The fraction of sp³-hybridized carbons (Fsp3) is 0.250. The second kappa shape index (κ2) is 8.59. The Hall–Kier alpha value is -2.31. The van der Waals surface area contributed by atoms with Crippen molar-refractivity contribution in [1.82, 2.24) is 14.8 Å². The summed E-state index contributed by atoms with van der Waals surface area (Å²) in [6.07, 6.45) is 0. The Morgan fingerprint density at radius 2 is 1.89 bits per heavy atom. The summed E-state index contributed by atoms with van der Waals surface area (Å²) in [6.45, 7) is 4.22. The highest BCUT2D eigenvalue weighted by Gasteiger charge is 2.14. The smallest absolute Gasteiger partial charge is 0.191 e. The monoisotopic (exact) mass is 401 g/mol. The van der Waals surface area contributed by atoms with Gasteiger partial charge in [0.25, 0.3) is 0 Å². The van der Waals surface area contributed by atoms with E-state index >= 15 is 0 Å². The lowest BCUT2D eigenvalue weighted by Crippen LogP contribution is -2.07. The molecule has 0 fully saturated rings. The zero-order valence-electron chi connectivity index (χ0n) is 15.4. The van der Waals surface area contributed by atoms with Gasteiger partial charge in [-0.1, -0.05) is 41.1 Å². The van der Waals surface area contributed by atoms with Crippen molar-refractivity contribution < 1.29 is 9.53 Å². The predicted molar refractivity (Wildman–Crippen MR) is 108 cm³/mol. The van der Waals surface area contributed by atoms with Crippen molar-refractivity contribution in [2.45, 2.75) is 25.6 Å². The van der Waals surface area contributed by atoms with Crippen LogP contribution in [0.1, 0.15) is 27.3 Å². The SMILES string of the molecule is Cc1ccc(C)c(C(=O)CSc2nnc(COc3ccc(Cl)cc3)n2C)c1. The molecule has 0 amide bonds. The van der Waals surface area contributed by atoms with E-state index < -0.39 is 0 Å². The summed E-state index contributed by atoms with van der Waals surface area (Å²) in [5, 5.41) is 9.67. The van der Waals surface area contributed by atoms with E-state index in [1.807, 2.05) is 43.7 Å². The number of ether oxygens (including phenoxy) is 1. The number of carbonyl (C=O) groups is 1. The summed E-state index contributed by atoms with van der Waals surface area (Å²) in [5.41, 5.74) is 2.83. The summed E-state index contributed by atoms with van der Waals surface area (Å²) >= 11 is 7.24.